The normalized spacial score (nSPS) is 11.4. The van der Waals surface area contributed by atoms with Gasteiger partial charge in [0.1, 0.15) is 10.7 Å². The topological polar surface area (TPSA) is 72.5 Å². The average Bonchev–Trinajstić information content (AvgIpc) is 2.44. The number of benzene rings is 1. The molecule has 0 aliphatic rings. The van der Waals surface area contributed by atoms with Crippen molar-refractivity contribution in [3.05, 3.63) is 29.0 Å². The Morgan fingerprint density at radius 1 is 1.33 bits per heavy atom. The molecule has 1 rings (SSSR count). The quantitative estimate of drug-likeness (QED) is 0.584. The summed E-state index contributed by atoms with van der Waals surface area (Å²) >= 11 is 5.76. The van der Waals surface area contributed by atoms with Gasteiger partial charge in [-0.1, -0.05) is 18.0 Å². The van der Waals surface area contributed by atoms with Crippen LogP contribution in [-0.2, 0) is 19.6 Å². The lowest BCUT2D eigenvalue weighted by molar-refractivity contribution is -0.140. The number of methoxy groups -OCH3 is 1. The standard InChI is InChI=1S/C13H17ClFNO4S/c1-20-13(17)5-3-2-4-8-16-21(18,19)12-9-10(15)6-7-11(12)14/h6-7,9,16H,2-5,8H2,1H3. The molecule has 0 unspecified atom stereocenters. The van der Waals surface area contributed by atoms with E-state index in [4.69, 9.17) is 11.6 Å². The Balaban J connectivity index is 2.43. The van der Waals surface area contributed by atoms with Gasteiger partial charge in [0.2, 0.25) is 10.0 Å². The maximum Gasteiger partial charge on any atom is 0.305 e. The van der Waals surface area contributed by atoms with Crippen LogP contribution in [0, 0.1) is 5.82 Å². The van der Waals surface area contributed by atoms with Gasteiger partial charge in [0.05, 0.1) is 12.1 Å². The first-order valence-electron chi connectivity index (χ1n) is 6.38. The first-order valence-corrected chi connectivity index (χ1v) is 8.24. The number of nitrogens with one attached hydrogen (secondary N) is 1. The highest BCUT2D eigenvalue weighted by molar-refractivity contribution is 7.89. The molecule has 0 saturated heterocycles. The second-order valence-corrected chi connectivity index (χ2v) is 6.50. The second kappa shape index (κ2) is 8.31. The predicted octanol–water partition coefficient (Wildman–Crippen LogP) is 2.49. The van der Waals surface area contributed by atoms with Crippen molar-refractivity contribution < 1.29 is 22.3 Å². The van der Waals surface area contributed by atoms with Crippen molar-refractivity contribution in [2.75, 3.05) is 13.7 Å². The van der Waals surface area contributed by atoms with Crippen molar-refractivity contribution in [3.63, 3.8) is 0 Å². The fraction of sp³-hybridized carbons (Fsp3) is 0.462. The molecule has 0 saturated carbocycles. The summed E-state index contributed by atoms with van der Waals surface area (Å²) in [5.74, 6) is -0.958. The molecule has 118 valence electrons. The number of sulfonamides is 1. The van der Waals surface area contributed by atoms with Crippen molar-refractivity contribution in [1.82, 2.24) is 4.72 Å². The smallest absolute Gasteiger partial charge is 0.305 e. The van der Waals surface area contributed by atoms with E-state index in [9.17, 15) is 17.6 Å². The zero-order valence-electron chi connectivity index (χ0n) is 11.6. The van der Waals surface area contributed by atoms with Crippen LogP contribution in [0.3, 0.4) is 0 Å². The molecular formula is C13H17ClFNO4S. The Morgan fingerprint density at radius 2 is 2.05 bits per heavy atom. The highest BCUT2D eigenvalue weighted by Gasteiger charge is 2.18. The van der Waals surface area contributed by atoms with Crippen molar-refractivity contribution in [2.45, 2.75) is 30.6 Å². The van der Waals surface area contributed by atoms with E-state index in [1.165, 1.54) is 13.2 Å². The van der Waals surface area contributed by atoms with Crippen molar-refractivity contribution in [2.24, 2.45) is 0 Å². The van der Waals surface area contributed by atoms with E-state index < -0.39 is 15.8 Å². The SMILES string of the molecule is COC(=O)CCCCCNS(=O)(=O)c1cc(F)ccc1Cl. The highest BCUT2D eigenvalue weighted by Crippen LogP contribution is 2.21. The van der Waals surface area contributed by atoms with Crippen LogP contribution in [0.5, 0.6) is 0 Å². The van der Waals surface area contributed by atoms with E-state index in [2.05, 4.69) is 9.46 Å². The molecular weight excluding hydrogens is 321 g/mol. The van der Waals surface area contributed by atoms with E-state index in [1.54, 1.807) is 0 Å². The number of ether oxygens (including phenoxy) is 1. The number of carbonyl (C=O) groups excluding carboxylic acids is 1. The van der Waals surface area contributed by atoms with Crippen LogP contribution in [0.25, 0.3) is 0 Å². The third kappa shape index (κ3) is 5.99. The summed E-state index contributed by atoms with van der Waals surface area (Å²) in [6, 6.07) is 3.16. The minimum absolute atomic E-state index is 0.0328. The molecule has 1 aromatic rings. The molecule has 0 radical (unpaired) electrons. The van der Waals surface area contributed by atoms with E-state index >= 15 is 0 Å². The van der Waals surface area contributed by atoms with E-state index in [0.717, 1.165) is 12.1 Å². The van der Waals surface area contributed by atoms with Gasteiger partial charge in [-0.15, -0.1) is 0 Å². The molecule has 0 aliphatic heterocycles. The largest absolute Gasteiger partial charge is 0.469 e. The van der Waals surface area contributed by atoms with Crippen LogP contribution < -0.4 is 4.72 Å². The zero-order chi connectivity index (χ0) is 15.9. The van der Waals surface area contributed by atoms with E-state index in [-0.39, 0.29) is 22.4 Å². The van der Waals surface area contributed by atoms with Gasteiger partial charge >= 0.3 is 5.97 Å². The monoisotopic (exact) mass is 337 g/mol. The van der Waals surface area contributed by atoms with Crippen molar-refractivity contribution in [3.8, 4) is 0 Å². The van der Waals surface area contributed by atoms with Crippen LogP contribution in [0.4, 0.5) is 4.39 Å². The molecule has 0 heterocycles. The van der Waals surface area contributed by atoms with Crippen LogP contribution in [0.15, 0.2) is 23.1 Å². The van der Waals surface area contributed by atoms with Crippen LogP contribution in [-0.4, -0.2) is 28.0 Å². The minimum atomic E-state index is -3.84. The van der Waals surface area contributed by atoms with Gasteiger partial charge < -0.3 is 4.74 Å². The lowest BCUT2D eigenvalue weighted by Gasteiger charge is -2.08. The number of hydrogen-bond acceptors (Lipinski definition) is 4. The Hall–Kier alpha value is -1.18. The Bertz CT molecular complexity index is 592. The van der Waals surface area contributed by atoms with Crippen LogP contribution >= 0.6 is 11.6 Å². The van der Waals surface area contributed by atoms with Crippen LogP contribution in [0.2, 0.25) is 5.02 Å². The third-order valence-corrected chi connectivity index (χ3v) is 4.70. The van der Waals surface area contributed by atoms with Gasteiger partial charge in [0, 0.05) is 13.0 Å². The maximum atomic E-state index is 13.1. The van der Waals surface area contributed by atoms with Crippen molar-refractivity contribution in [1.29, 1.82) is 0 Å². The molecule has 21 heavy (non-hydrogen) atoms. The van der Waals surface area contributed by atoms with E-state index in [1.807, 2.05) is 0 Å². The van der Waals surface area contributed by atoms with Gasteiger partial charge in [-0.2, -0.15) is 0 Å². The summed E-state index contributed by atoms with van der Waals surface area (Å²) in [4.78, 5) is 10.6. The van der Waals surface area contributed by atoms with Gasteiger partial charge in [-0.05, 0) is 31.0 Å². The Morgan fingerprint density at radius 3 is 2.71 bits per heavy atom. The molecule has 0 bridgehead atoms. The van der Waals surface area contributed by atoms with Gasteiger partial charge in [0.15, 0.2) is 0 Å². The van der Waals surface area contributed by atoms with Gasteiger partial charge in [-0.25, -0.2) is 17.5 Å². The summed E-state index contributed by atoms with van der Waals surface area (Å²) in [5, 5.41) is -0.0328. The molecule has 8 heteroatoms. The fourth-order valence-electron chi connectivity index (χ4n) is 1.64. The number of unbranched alkanes of at least 4 members (excludes halogenated alkanes) is 2. The van der Waals surface area contributed by atoms with Crippen molar-refractivity contribution >= 4 is 27.6 Å². The number of hydrogen-bond donors (Lipinski definition) is 1. The fourth-order valence-corrected chi connectivity index (χ4v) is 3.22. The number of rotatable bonds is 8. The van der Waals surface area contributed by atoms with E-state index in [0.29, 0.717) is 25.7 Å². The summed E-state index contributed by atoms with van der Waals surface area (Å²) in [7, 11) is -2.52. The minimum Gasteiger partial charge on any atom is -0.469 e. The first kappa shape index (κ1) is 17.9. The third-order valence-electron chi connectivity index (χ3n) is 2.76. The number of halogens is 2. The number of esters is 1. The first-order chi connectivity index (χ1) is 9.86. The summed E-state index contributed by atoms with van der Waals surface area (Å²) in [5.41, 5.74) is 0. The summed E-state index contributed by atoms with van der Waals surface area (Å²) in [6.07, 6.45) is 2.16. The average molecular weight is 338 g/mol. The lowest BCUT2D eigenvalue weighted by atomic mass is 10.2. The molecule has 5 nitrogen and oxygen atoms in total. The predicted molar refractivity (Wildman–Crippen MR) is 77.1 cm³/mol. The molecule has 0 atom stereocenters. The van der Waals surface area contributed by atoms with Crippen LogP contribution in [0.1, 0.15) is 25.7 Å². The van der Waals surface area contributed by atoms with Gasteiger partial charge in [0.25, 0.3) is 0 Å². The highest BCUT2D eigenvalue weighted by atomic mass is 35.5. The molecule has 0 amide bonds. The molecule has 0 aromatic heterocycles. The molecule has 0 fully saturated rings. The molecule has 0 aliphatic carbocycles. The summed E-state index contributed by atoms with van der Waals surface area (Å²) < 4.78 is 43.8. The Kier molecular flexibility index (Phi) is 7.07. The molecule has 0 spiro atoms. The second-order valence-electron chi connectivity index (χ2n) is 4.36. The lowest BCUT2D eigenvalue weighted by Crippen LogP contribution is -2.25. The maximum absolute atomic E-state index is 13.1. The molecule has 1 aromatic carbocycles. The van der Waals surface area contributed by atoms with Gasteiger partial charge in [-0.3, -0.25) is 4.79 Å². The molecule has 1 N–H and O–H groups in total. The zero-order valence-corrected chi connectivity index (χ0v) is 13.1. The summed E-state index contributed by atoms with van der Waals surface area (Å²) in [6.45, 7) is 0.191. The number of carbonyl (C=O) groups is 1. The Labute approximate surface area is 128 Å².